The van der Waals surface area contributed by atoms with Crippen molar-refractivity contribution in [1.29, 1.82) is 0 Å². The lowest BCUT2D eigenvalue weighted by Crippen LogP contribution is -2.59. The highest BCUT2D eigenvalue weighted by Crippen LogP contribution is 2.65. The molecule has 5 heteroatoms. The van der Waals surface area contributed by atoms with Crippen LogP contribution in [-0.2, 0) is 16.8 Å². The molecular weight excluding hydrogens is 370 g/mol. The molecule has 6 rings (SSSR count). The van der Waals surface area contributed by atoms with E-state index in [0.29, 0.717) is 17.7 Å². The van der Waals surface area contributed by atoms with Gasteiger partial charge < -0.3 is 9.88 Å². The van der Waals surface area contributed by atoms with Gasteiger partial charge in [-0.15, -0.1) is 0 Å². The van der Waals surface area contributed by atoms with E-state index in [-0.39, 0.29) is 10.8 Å². The maximum absolute atomic E-state index is 13.3. The van der Waals surface area contributed by atoms with E-state index in [1.54, 1.807) is 6.20 Å². The zero-order valence-corrected chi connectivity index (χ0v) is 17.0. The van der Waals surface area contributed by atoms with Crippen LogP contribution in [0.3, 0.4) is 0 Å². The van der Waals surface area contributed by atoms with Crippen molar-refractivity contribution in [1.82, 2.24) is 14.9 Å². The topological polar surface area (TPSA) is 46.9 Å². The predicted octanol–water partition coefficient (Wildman–Crippen LogP) is 4.58. The molecule has 2 aromatic rings. The molecular formula is C23H28ClN3O. The molecule has 4 fully saturated rings. The number of carbonyl (C=O) groups excluding carboxylic acids is 1. The molecule has 28 heavy (non-hydrogen) atoms. The van der Waals surface area contributed by atoms with Gasteiger partial charge in [0.15, 0.2) is 0 Å². The summed E-state index contributed by atoms with van der Waals surface area (Å²) < 4.78 is 2.06. The fourth-order valence-corrected chi connectivity index (χ4v) is 6.87. The maximum Gasteiger partial charge on any atom is 0.226 e. The lowest BCUT2D eigenvalue weighted by molar-refractivity contribution is -0.149. The molecule has 1 aromatic carbocycles. The SMILES string of the molecule is O=C(NCCCn1ccnc1)C12CC3CC(C1)CC(c1ccc(Cl)cc1)(C3)C2. The molecule has 1 amide bonds. The molecule has 1 heterocycles. The van der Waals surface area contributed by atoms with Gasteiger partial charge in [0.25, 0.3) is 0 Å². The lowest BCUT2D eigenvalue weighted by Gasteiger charge is -2.61. The Labute approximate surface area is 171 Å². The van der Waals surface area contributed by atoms with E-state index in [9.17, 15) is 4.79 Å². The van der Waals surface area contributed by atoms with Crippen molar-refractivity contribution in [2.24, 2.45) is 17.3 Å². The molecule has 0 spiro atoms. The van der Waals surface area contributed by atoms with E-state index in [0.717, 1.165) is 43.8 Å². The minimum Gasteiger partial charge on any atom is -0.356 e. The highest BCUT2D eigenvalue weighted by Gasteiger charge is 2.60. The van der Waals surface area contributed by atoms with Crippen LogP contribution in [0, 0.1) is 17.3 Å². The van der Waals surface area contributed by atoms with Crippen LogP contribution in [0.1, 0.15) is 50.5 Å². The second kappa shape index (κ2) is 6.91. The standard InChI is InChI=1S/C23H28ClN3O/c24-20-4-2-19(3-5-20)22-11-17-10-18(12-22)14-23(13-17,15-22)21(28)26-6-1-8-27-9-7-25-16-27/h2-5,7,9,16-18H,1,6,8,10-15H2,(H,26,28). The Kier molecular flexibility index (Phi) is 4.50. The number of hydrogen-bond acceptors (Lipinski definition) is 2. The highest BCUT2D eigenvalue weighted by molar-refractivity contribution is 6.30. The minimum atomic E-state index is -0.168. The lowest BCUT2D eigenvalue weighted by atomic mass is 9.42. The van der Waals surface area contributed by atoms with E-state index in [1.165, 1.54) is 24.8 Å². The molecule has 0 saturated heterocycles. The minimum absolute atomic E-state index is 0.168. The van der Waals surface area contributed by atoms with Crippen LogP contribution in [-0.4, -0.2) is 22.0 Å². The van der Waals surface area contributed by atoms with Crippen molar-refractivity contribution in [3.63, 3.8) is 0 Å². The van der Waals surface area contributed by atoms with E-state index in [1.807, 2.05) is 24.7 Å². The van der Waals surface area contributed by atoms with Gasteiger partial charge >= 0.3 is 0 Å². The third-order valence-corrected chi connectivity index (χ3v) is 7.69. The summed E-state index contributed by atoms with van der Waals surface area (Å²) in [5.41, 5.74) is 1.39. The Hall–Kier alpha value is -1.81. The predicted molar refractivity (Wildman–Crippen MR) is 110 cm³/mol. The van der Waals surface area contributed by atoms with Gasteiger partial charge in [-0.1, -0.05) is 23.7 Å². The monoisotopic (exact) mass is 397 g/mol. The van der Waals surface area contributed by atoms with Crippen molar-refractivity contribution < 1.29 is 4.79 Å². The van der Waals surface area contributed by atoms with Gasteiger partial charge in [0.2, 0.25) is 5.91 Å². The molecule has 1 aromatic heterocycles. The van der Waals surface area contributed by atoms with E-state index < -0.39 is 0 Å². The normalized spacial score (nSPS) is 33.2. The molecule has 148 valence electrons. The van der Waals surface area contributed by atoms with E-state index in [4.69, 9.17) is 11.6 Å². The quantitative estimate of drug-likeness (QED) is 0.725. The average Bonchev–Trinajstić information content (AvgIpc) is 3.18. The van der Waals surface area contributed by atoms with Crippen molar-refractivity contribution in [3.8, 4) is 0 Å². The number of aromatic nitrogens is 2. The summed E-state index contributed by atoms with van der Waals surface area (Å²) in [6.07, 6.45) is 13.5. The molecule has 4 bridgehead atoms. The smallest absolute Gasteiger partial charge is 0.226 e. The number of nitrogens with zero attached hydrogens (tertiary/aromatic N) is 2. The maximum atomic E-state index is 13.3. The zero-order valence-electron chi connectivity index (χ0n) is 16.2. The molecule has 2 atom stereocenters. The van der Waals surface area contributed by atoms with Crippen LogP contribution in [0.15, 0.2) is 43.0 Å². The summed E-state index contributed by atoms with van der Waals surface area (Å²) >= 11 is 6.14. The largest absolute Gasteiger partial charge is 0.356 e. The van der Waals surface area contributed by atoms with E-state index >= 15 is 0 Å². The van der Waals surface area contributed by atoms with Gasteiger partial charge in [0, 0.05) is 30.5 Å². The zero-order chi connectivity index (χ0) is 19.2. The first-order chi connectivity index (χ1) is 13.6. The van der Waals surface area contributed by atoms with Crippen molar-refractivity contribution in [2.75, 3.05) is 6.54 Å². The number of aryl methyl sites for hydroxylation is 1. The Morgan fingerprint density at radius 1 is 1.18 bits per heavy atom. The summed E-state index contributed by atoms with van der Waals surface area (Å²) in [6, 6.07) is 8.43. The second-order valence-electron chi connectivity index (χ2n) is 9.44. The van der Waals surface area contributed by atoms with Gasteiger partial charge in [-0.2, -0.15) is 0 Å². The molecule has 4 nitrogen and oxygen atoms in total. The molecule has 2 unspecified atom stereocenters. The summed E-state index contributed by atoms with van der Waals surface area (Å²) in [5, 5.41) is 4.08. The molecule has 0 aliphatic heterocycles. The summed E-state index contributed by atoms with van der Waals surface area (Å²) in [7, 11) is 0. The summed E-state index contributed by atoms with van der Waals surface area (Å²) in [4.78, 5) is 17.4. The van der Waals surface area contributed by atoms with Crippen LogP contribution in [0.4, 0.5) is 0 Å². The Morgan fingerprint density at radius 2 is 1.93 bits per heavy atom. The fourth-order valence-electron chi connectivity index (χ4n) is 6.74. The number of amides is 1. The Morgan fingerprint density at radius 3 is 2.61 bits per heavy atom. The van der Waals surface area contributed by atoms with Crippen molar-refractivity contribution >= 4 is 17.5 Å². The first kappa shape index (κ1) is 18.2. The summed E-state index contributed by atoms with van der Waals surface area (Å²) in [5.74, 6) is 1.67. The van der Waals surface area contributed by atoms with Crippen LogP contribution < -0.4 is 5.32 Å². The molecule has 4 aliphatic rings. The molecule has 1 N–H and O–H groups in total. The molecule has 4 saturated carbocycles. The van der Waals surface area contributed by atoms with Gasteiger partial charge in [-0.05, 0) is 79.9 Å². The number of imidazole rings is 1. The second-order valence-corrected chi connectivity index (χ2v) is 9.87. The first-order valence-corrected chi connectivity index (χ1v) is 10.9. The third kappa shape index (κ3) is 3.16. The van der Waals surface area contributed by atoms with Gasteiger partial charge in [0.05, 0.1) is 11.7 Å². The molecule has 0 radical (unpaired) electrons. The van der Waals surface area contributed by atoms with Crippen LogP contribution in [0.2, 0.25) is 5.02 Å². The number of hydrogen-bond donors (Lipinski definition) is 1. The van der Waals surface area contributed by atoms with Crippen molar-refractivity contribution in [2.45, 2.75) is 56.9 Å². The summed E-state index contributed by atoms with van der Waals surface area (Å²) in [6.45, 7) is 1.63. The number of carbonyl (C=O) groups is 1. The number of halogens is 1. The number of benzene rings is 1. The van der Waals surface area contributed by atoms with Gasteiger partial charge in [-0.3, -0.25) is 4.79 Å². The Bertz CT molecular complexity index is 831. The number of nitrogens with one attached hydrogen (secondary N) is 1. The molecule has 4 aliphatic carbocycles. The Balaban J connectivity index is 1.30. The fraction of sp³-hybridized carbons (Fsp3) is 0.565. The number of rotatable bonds is 6. The van der Waals surface area contributed by atoms with Gasteiger partial charge in [-0.25, -0.2) is 4.98 Å². The van der Waals surface area contributed by atoms with Crippen LogP contribution in [0.25, 0.3) is 0 Å². The van der Waals surface area contributed by atoms with Crippen LogP contribution >= 0.6 is 11.6 Å². The third-order valence-electron chi connectivity index (χ3n) is 7.44. The highest BCUT2D eigenvalue weighted by atomic mass is 35.5. The van der Waals surface area contributed by atoms with E-state index in [2.05, 4.69) is 27.0 Å². The van der Waals surface area contributed by atoms with Crippen LogP contribution in [0.5, 0.6) is 0 Å². The van der Waals surface area contributed by atoms with Gasteiger partial charge in [0.1, 0.15) is 0 Å². The average molecular weight is 398 g/mol. The first-order valence-electron chi connectivity index (χ1n) is 10.6. The van der Waals surface area contributed by atoms with Crippen molar-refractivity contribution in [3.05, 3.63) is 53.6 Å².